The molecule has 1 aromatic carbocycles. The molecule has 0 saturated heterocycles. The maximum absolute atomic E-state index is 12.3. The van der Waals surface area contributed by atoms with Gasteiger partial charge in [-0.05, 0) is 46.2 Å². The third kappa shape index (κ3) is 4.89. The van der Waals surface area contributed by atoms with Crippen molar-refractivity contribution in [2.45, 2.75) is 24.9 Å². The summed E-state index contributed by atoms with van der Waals surface area (Å²) >= 11 is 4.87. The molecule has 0 amide bonds. The number of halogens is 1. The van der Waals surface area contributed by atoms with Gasteiger partial charge in [0.05, 0.1) is 4.90 Å². The van der Waals surface area contributed by atoms with Gasteiger partial charge in [0.1, 0.15) is 0 Å². The highest BCUT2D eigenvalue weighted by atomic mass is 79.9. The lowest BCUT2D eigenvalue weighted by Gasteiger charge is -2.08. The average Bonchev–Trinajstić information content (AvgIpc) is 2.89. The molecule has 114 valence electrons. The van der Waals surface area contributed by atoms with Gasteiger partial charge < -0.3 is 5.32 Å². The van der Waals surface area contributed by atoms with E-state index in [1.807, 2.05) is 24.4 Å². The third-order valence-electron chi connectivity index (χ3n) is 2.85. The zero-order valence-electron chi connectivity index (χ0n) is 11.6. The Balaban J connectivity index is 2.08. The first-order chi connectivity index (χ1) is 10.0. The lowest BCUT2D eigenvalue weighted by molar-refractivity contribution is 0.581. The molecule has 0 bridgehead atoms. The van der Waals surface area contributed by atoms with Crippen molar-refractivity contribution in [3.63, 3.8) is 0 Å². The molecular formula is C14H17BrN2O2S2. The Bertz CT molecular complexity index is 699. The van der Waals surface area contributed by atoms with E-state index < -0.39 is 10.0 Å². The van der Waals surface area contributed by atoms with Gasteiger partial charge in [-0.15, -0.1) is 11.3 Å². The van der Waals surface area contributed by atoms with Gasteiger partial charge in [0, 0.05) is 27.8 Å². The molecule has 4 nitrogen and oxygen atoms in total. The second kappa shape index (κ2) is 7.51. The van der Waals surface area contributed by atoms with Crippen LogP contribution in [0.4, 0.5) is 0 Å². The van der Waals surface area contributed by atoms with E-state index >= 15 is 0 Å². The lowest BCUT2D eigenvalue weighted by Crippen LogP contribution is -2.23. The normalized spacial score (nSPS) is 11.7. The number of thiophene rings is 1. The van der Waals surface area contributed by atoms with Crippen LogP contribution >= 0.6 is 27.3 Å². The molecule has 1 heterocycles. The monoisotopic (exact) mass is 388 g/mol. The summed E-state index contributed by atoms with van der Waals surface area (Å²) in [5, 5.41) is 5.12. The summed E-state index contributed by atoms with van der Waals surface area (Å²) in [5.74, 6) is 0. The fourth-order valence-corrected chi connectivity index (χ4v) is 4.35. The minimum Gasteiger partial charge on any atom is -0.313 e. The topological polar surface area (TPSA) is 58.2 Å². The van der Waals surface area contributed by atoms with Gasteiger partial charge in [-0.3, -0.25) is 0 Å². The summed E-state index contributed by atoms with van der Waals surface area (Å²) in [6.45, 7) is 3.83. The van der Waals surface area contributed by atoms with Crippen LogP contribution in [0.25, 0.3) is 0 Å². The molecule has 0 atom stereocenters. The second-order valence-corrected chi connectivity index (χ2v) is 8.16. The first-order valence-electron chi connectivity index (χ1n) is 6.53. The Labute approximate surface area is 137 Å². The first-order valence-corrected chi connectivity index (χ1v) is 9.69. The van der Waals surface area contributed by atoms with E-state index in [4.69, 9.17) is 0 Å². The van der Waals surface area contributed by atoms with Crippen molar-refractivity contribution in [2.75, 3.05) is 6.54 Å². The van der Waals surface area contributed by atoms with E-state index in [0.29, 0.717) is 18.0 Å². The highest BCUT2D eigenvalue weighted by Gasteiger charge is 2.14. The molecule has 0 saturated carbocycles. The Kier molecular flexibility index (Phi) is 5.95. The Morgan fingerprint density at radius 1 is 1.24 bits per heavy atom. The molecule has 21 heavy (non-hydrogen) atoms. The van der Waals surface area contributed by atoms with E-state index in [0.717, 1.165) is 21.5 Å². The third-order valence-corrected chi connectivity index (χ3v) is 5.94. The predicted octanol–water partition coefficient (Wildman–Crippen LogP) is 3.10. The molecule has 2 N–H and O–H groups in total. The van der Waals surface area contributed by atoms with Crippen LogP contribution in [-0.4, -0.2) is 15.0 Å². The van der Waals surface area contributed by atoms with E-state index in [1.165, 1.54) is 11.3 Å². The number of nitrogens with one attached hydrogen (secondary N) is 2. The molecule has 0 spiro atoms. The molecule has 0 fully saturated rings. The molecule has 0 radical (unpaired) electrons. The van der Waals surface area contributed by atoms with Crippen LogP contribution < -0.4 is 10.0 Å². The van der Waals surface area contributed by atoms with Gasteiger partial charge in [0.25, 0.3) is 0 Å². The smallest absolute Gasteiger partial charge is 0.240 e. The molecule has 0 aliphatic heterocycles. The van der Waals surface area contributed by atoms with Crippen molar-refractivity contribution < 1.29 is 8.42 Å². The standard InChI is InChI=1S/C14H17BrN2O2S2/c1-2-16-8-11-4-3-5-14(6-11)21(18,19)17-9-13-7-12(15)10-20-13/h3-7,10,16-17H,2,8-9H2,1H3. The van der Waals surface area contributed by atoms with Crippen LogP contribution in [0.15, 0.2) is 45.1 Å². The zero-order valence-corrected chi connectivity index (χ0v) is 14.8. The summed E-state index contributed by atoms with van der Waals surface area (Å²) in [7, 11) is -3.48. The molecule has 7 heteroatoms. The van der Waals surface area contributed by atoms with E-state index in [9.17, 15) is 8.42 Å². The van der Waals surface area contributed by atoms with Crippen molar-refractivity contribution in [2.24, 2.45) is 0 Å². The van der Waals surface area contributed by atoms with Gasteiger partial charge in [0.2, 0.25) is 10.0 Å². The summed E-state index contributed by atoms with van der Waals surface area (Å²) < 4.78 is 28.2. The van der Waals surface area contributed by atoms with Gasteiger partial charge >= 0.3 is 0 Å². The van der Waals surface area contributed by atoms with Crippen LogP contribution in [0.5, 0.6) is 0 Å². The van der Waals surface area contributed by atoms with Crippen LogP contribution in [-0.2, 0) is 23.1 Å². The van der Waals surface area contributed by atoms with Crippen molar-refractivity contribution >= 4 is 37.3 Å². The summed E-state index contributed by atoms with van der Waals surface area (Å²) in [4.78, 5) is 1.27. The second-order valence-electron chi connectivity index (χ2n) is 4.48. The van der Waals surface area contributed by atoms with Crippen LogP contribution in [0.3, 0.4) is 0 Å². The molecule has 1 aromatic heterocycles. The summed E-state index contributed by atoms with van der Waals surface area (Å²) in [6.07, 6.45) is 0. The van der Waals surface area contributed by atoms with Gasteiger partial charge in [-0.1, -0.05) is 19.1 Å². The maximum atomic E-state index is 12.3. The molecule has 0 unspecified atom stereocenters. The number of rotatable bonds is 7. The number of hydrogen-bond donors (Lipinski definition) is 2. The van der Waals surface area contributed by atoms with E-state index in [1.54, 1.807) is 18.2 Å². The number of hydrogen-bond acceptors (Lipinski definition) is 4. The largest absolute Gasteiger partial charge is 0.313 e. The van der Waals surface area contributed by atoms with Gasteiger partial charge in [-0.2, -0.15) is 0 Å². The molecule has 2 aromatic rings. The summed E-state index contributed by atoms with van der Waals surface area (Å²) in [5.41, 5.74) is 0.957. The molecule has 0 aliphatic carbocycles. The van der Waals surface area contributed by atoms with E-state index in [-0.39, 0.29) is 0 Å². The Morgan fingerprint density at radius 2 is 2.05 bits per heavy atom. The van der Waals surface area contributed by atoms with Crippen molar-refractivity contribution in [3.05, 3.63) is 50.6 Å². The fourth-order valence-electron chi connectivity index (χ4n) is 1.79. The Hall–Kier alpha value is -0.730. The van der Waals surface area contributed by atoms with Crippen LogP contribution in [0.1, 0.15) is 17.4 Å². The fraction of sp³-hybridized carbons (Fsp3) is 0.286. The average molecular weight is 389 g/mol. The lowest BCUT2D eigenvalue weighted by atomic mass is 10.2. The SMILES string of the molecule is CCNCc1cccc(S(=O)(=O)NCc2cc(Br)cs2)c1. The highest BCUT2D eigenvalue weighted by Crippen LogP contribution is 2.20. The summed E-state index contributed by atoms with van der Waals surface area (Å²) in [6, 6.07) is 8.91. The first kappa shape index (κ1) is 16.6. The zero-order chi connectivity index (χ0) is 15.3. The van der Waals surface area contributed by atoms with Crippen LogP contribution in [0, 0.1) is 0 Å². The predicted molar refractivity (Wildman–Crippen MR) is 89.9 cm³/mol. The number of benzene rings is 1. The van der Waals surface area contributed by atoms with Gasteiger partial charge in [-0.25, -0.2) is 13.1 Å². The van der Waals surface area contributed by atoms with Crippen molar-refractivity contribution in [1.29, 1.82) is 0 Å². The van der Waals surface area contributed by atoms with E-state index in [2.05, 4.69) is 26.0 Å². The Morgan fingerprint density at radius 3 is 2.71 bits per heavy atom. The molecular weight excluding hydrogens is 372 g/mol. The minimum atomic E-state index is -3.48. The van der Waals surface area contributed by atoms with Crippen LogP contribution in [0.2, 0.25) is 0 Å². The quantitative estimate of drug-likeness (QED) is 0.765. The molecule has 2 rings (SSSR count). The highest BCUT2D eigenvalue weighted by molar-refractivity contribution is 9.10. The van der Waals surface area contributed by atoms with Gasteiger partial charge in [0.15, 0.2) is 0 Å². The minimum absolute atomic E-state index is 0.300. The number of sulfonamides is 1. The van der Waals surface area contributed by atoms with Crippen molar-refractivity contribution in [1.82, 2.24) is 10.0 Å². The maximum Gasteiger partial charge on any atom is 0.240 e. The molecule has 0 aliphatic rings. The van der Waals surface area contributed by atoms with Crippen molar-refractivity contribution in [3.8, 4) is 0 Å².